The number of halogens is 1. The minimum Gasteiger partial charge on any atom is -0.269 e. The van der Waals surface area contributed by atoms with Gasteiger partial charge in [-0.25, -0.2) is 8.42 Å². The lowest BCUT2D eigenvalue weighted by atomic mass is 10.1. The van der Waals surface area contributed by atoms with E-state index in [1.165, 1.54) is 21.2 Å². The Hall–Kier alpha value is -1.04. The molecule has 0 atom stereocenters. The molecule has 0 N–H and O–H groups in total. The van der Waals surface area contributed by atoms with E-state index >= 15 is 0 Å². The van der Waals surface area contributed by atoms with Gasteiger partial charge in [0, 0.05) is 17.3 Å². The Balaban J connectivity index is 2.32. The summed E-state index contributed by atoms with van der Waals surface area (Å²) in [7, 11) is -1.95. The number of rotatable bonds is 5. The smallest absolute Gasteiger partial charge is 0.264 e. The highest BCUT2D eigenvalue weighted by Gasteiger charge is 2.22. The third-order valence-corrected chi connectivity index (χ3v) is 6.42. The first-order chi connectivity index (χ1) is 9.48. The van der Waals surface area contributed by atoms with Gasteiger partial charge in [-0.1, -0.05) is 19.1 Å². The molecule has 1 aromatic heterocycles. The number of hydrogen-bond donors (Lipinski definition) is 0. The van der Waals surface area contributed by atoms with E-state index < -0.39 is 10.0 Å². The molecule has 3 nitrogen and oxygen atoms in total. The van der Waals surface area contributed by atoms with Crippen LogP contribution < -0.4 is 4.31 Å². The average molecular weight is 330 g/mol. The van der Waals surface area contributed by atoms with Crippen molar-refractivity contribution in [1.82, 2.24) is 0 Å². The zero-order valence-corrected chi connectivity index (χ0v) is 13.7. The van der Waals surface area contributed by atoms with Crippen LogP contribution in [0.1, 0.15) is 17.4 Å². The number of thiophene rings is 1. The largest absolute Gasteiger partial charge is 0.269 e. The normalized spacial score (nSPS) is 11.6. The molecule has 2 rings (SSSR count). The molecule has 0 radical (unpaired) electrons. The molecule has 20 heavy (non-hydrogen) atoms. The summed E-state index contributed by atoms with van der Waals surface area (Å²) < 4.78 is 26.3. The van der Waals surface area contributed by atoms with Crippen molar-refractivity contribution in [3.63, 3.8) is 0 Å². The standard InChI is InChI=1S/C14H16ClNO2S2/c1-3-11-4-6-12(7-5-11)16(2)20(17,18)14-8-13(9-15)19-10-14/h4-8,10H,3,9H2,1-2H3. The average Bonchev–Trinajstić information content (AvgIpc) is 2.96. The van der Waals surface area contributed by atoms with E-state index in [0.717, 1.165) is 11.3 Å². The van der Waals surface area contributed by atoms with E-state index in [2.05, 4.69) is 6.92 Å². The van der Waals surface area contributed by atoms with Crippen molar-refractivity contribution >= 4 is 38.6 Å². The lowest BCUT2D eigenvalue weighted by Gasteiger charge is -2.19. The molecule has 6 heteroatoms. The van der Waals surface area contributed by atoms with Gasteiger partial charge in [0.2, 0.25) is 0 Å². The molecule has 0 aliphatic carbocycles. The van der Waals surface area contributed by atoms with E-state index in [1.807, 2.05) is 24.3 Å². The van der Waals surface area contributed by atoms with Gasteiger partial charge in [-0.3, -0.25) is 4.31 Å². The molecule has 108 valence electrons. The van der Waals surface area contributed by atoms with Crippen molar-refractivity contribution in [3.05, 3.63) is 46.2 Å². The lowest BCUT2D eigenvalue weighted by Crippen LogP contribution is -2.26. The second-order valence-corrected chi connectivity index (χ2v) is 7.61. The molecule has 0 spiro atoms. The van der Waals surface area contributed by atoms with Gasteiger partial charge >= 0.3 is 0 Å². The summed E-state index contributed by atoms with van der Waals surface area (Å²) in [4.78, 5) is 1.14. The van der Waals surface area contributed by atoms with E-state index in [0.29, 0.717) is 16.5 Å². The molecule has 1 heterocycles. The van der Waals surface area contributed by atoms with Gasteiger partial charge in [0.1, 0.15) is 0 Å². The predicted molar refractivity (Wildman–Crippen MR) is 85.3 cm³/mol. The number of sulfonamides is 1. The van der Waals surface area contributed by atoms with Crippen LogP contribution in [0.3, 0.4) is 0 Å². The lowest BCUT2D eigenvalue weighted by molar-refractivity contribution is 0.594. The summed E-state index contributed by atoms with van der Waals surface area (Å²) in [6.45, 7) is 2.06. The predicted octanol–water partition coefficient (Wildman–Crippen LogP) is 3.87. The molecule has 1 aromatic carbocycles. The van der Waals surface area contributed by atoms with Crippen LogP contribution in [0.15, 0.2) is 40.6 Å². The second-order valence-electron chi connectivity index (χ2n) is 4.37. The minimum absolute atomic E-state index is 0.292. The van der Waals surface area contributed by atoms with Crippen LogP contribution in [0.2, 0.25) is 0 Å². The highest BCUT2D eigenvalue weighted by molar-refractivity contribution is 7.93. The van der Waals surface area contributed by atoms with Crippen molar-refractivity contribution in [1.29, 1.82) is 0 Å². The van der Waals surface area contributed by atoms with Crippen LogP contribution in [0, 0.1) is 0 Å². The fraction of sp³-hybridized carbons (Fsp3) is 0.286. The Kier molecular flexibility index (Phi) is 4.73. The number of benzene rings is 1. The van der Waals surface area contributed by atoms with Gasteiger partial charge in [-0.15, -0.1) is 22.9 Å². The van der Waals surface area contributed by atoms with Crippen LogP contribution in [0.25, 0.3) is 0 Å². The SMILES string of the molecule is CCc1ccc(N(C)S(=O)(=O)c2csc(CCl)c2)cc1. The topological polar surface area (TPSA) is 37.4 Å². The zero-order chi connectivity index (χ0) is 14.8. The monoisotopic (exact) mass is 329 g/mol. The summed E-state index contributed by atoms with van der Waals surface area (Å²) >= 11 is 7.08. The van der Waals surface area contributed by atoms with E-state index in [1.54, 1.807) is 18.5 Å². The zero-order valence-electron chi connectivity index (χ0n) is 11.3. The molecule has 0 saturated heterocycles. The number of hydrogen-bond acceptors (Lipinski definition) is 3. The molecule has 0 saturated carbocycles. The maximum Gasteiger partial charge on any atom is 0.264 e. The molecule has 0 bridgehead atoms. The quantitative estimate of drug-likeness (QED) is 0.781. The Morgan fingerprint density at radius 1 is 1.25 bits per heavy atom. The van der Waals surface area contributed by atoms with Crippen molar-refractivity contribution in [3.8, 4) is 0 Å². The molecular formula is C14H16ClNO2S2. The Bertz CT molecular complexity index is 677. The van der Waals surface area contributed by atoms with Gasteiger partial charge < -0.3 is 0 Å². The number of aryl methyl sites for hydroxylation is 1. The van der Waals surface area contributed by atoms with E-state index in [4.69, 9.17) is 11.6 Å². The maximum absolute atomic E-state index is 12.5. The molecule has 0 aliphatic heterocycles. The van der Waals surface area contributed by atoms with Gasteiger partial charge in [-0.05, 0) is 30.2 Å². The minimum atomic E-state index is -3.52. The number of nitrogens with zero attached hydrogens (tertiary/aromatic N) is 1. The van der Waals surface area contributed by atoms with Crippen LogP contribution >= 0.6 is 22.9 Å². The Labute approximate surface area is 128 Å². The van der Waals surface area contributed by atoms with Crippen LogP contribution in [0.5, 0.6) is 0 Å². The molecule has 0 unspecified atom stereocenters. The Morgan fingerprint density at radius 3 is 2.40 bits per heavy atom. The summed E-state index contributed by atoms with van der Waals surface area (Å²) in [5, 5.41) is 1.63. The third kappa shape index (κ3) is 3.00. The van der Waals surface area contributed by atoms with E-state index in [9.17, 15) is 8.42 Å². The van der Waals surface area contributed by atoms with Gasteiger partial charge in [0.25, 0.3) is 10.0 Å². The fourth-order valence-corrected chi connectivity index (χ4v) is 4.38. The summed E-state index contributed by atoms with van der Waals surface area (Å²) in [6, 6.07) is 9.17. The van der Waals surface area contributed by atoms with Crippen molar-refractivity contribution in [2.45, 2.75) is 24.1 Å². The summed E-state index contributed by atoms with van der Waals surface area (Å²) in [5.74, 6) is 0.328. The van der Waals surface area contributed by atoms with Crippen LogP contribution in [-0.2, 0) is 22.3 Å². The van der Waals surface area contributed by atoms with E-state index in [-0.39, 0.29) is 0 Å². The Morgan fingerprint density at radius 2 is 1.90 bits per heavy atom. The van der Waals surface area contributed by atoms with Crippen molar-refractivity contribution < 1.29 is 8.42 Å². The molecular weight excluding hydrogens is 314 g/mol. The molecule has 0 amide bonds. The number of anilines is 1. The van der Waals surface area contributed by atoms with Gasteiger partial charge in [-0.2, -0.15) is 0 Å². The second kappa shape index (κ2) is 6.16. The highest BCUT2D eigenvalue weighted by atomic mass is 35.5. The van der Waals surface area contributed by atoms with Gasteiger partial charge in [0.15, 0.2) is 0 Å². The summed E-state index contributed by atoms with van der Waals surface area (Å²) in [5.41, 5.74) is 1.83. The first-order valence-electron chi connectivity index (χ1n) is 6.20. The van der Waals surface area contributed by atoms with Crippen LogP contribution in [0.4, 0.5) is 5.69 Å². The maximum atomic E-state index is 12.5. The third-order valence-electron chi connectivity index (χ3n) is 3.13. The molecule has 2 aromatic rings. The summed E-state index contributed by atoms with van der Waals surface area (Å²) in [6.07, 6.45) is 0.931. The fourth-order valence-electron chi connectivity index (χ4n) is 1.80. The van der Waals surface area contributed by atoms with Crippen molar-refractivity contribution in [2.24, 2.45) is 0 Å². The first-order valence-corrected chi connectivity index (χ1v) is 9.05. The van der Waals surface area contributed by atoms with Crippen LogP contribution in [-0.4, -0.2) is 15.5 Å². The molecule has 0 aliphatic rings. The first kappa shape index (κ1) is 15.4. The molecule has 0 fully saturated rings. The van der Waals surface area contributed by atoms with Gasteiger partial charge in [0.05, 0.1) is 16.5 Å². The van der Waals surface area contributed by atoms with Crippen molar-refractivity contribution in [2.75, 3.05) is 11.4 Å². The highest BCUT2D eigenvalue weighted by Crippen LogP contribution is 2.26. The number of alkyl halides is 1.